The lowest BCUT2D eigenvalue weighted by molar-refractivity contribution is -0.117. The van der Waals surface area contributed by atoms with E-state index in [9.17, 15) is 4.79 Å². The standard InChI is InChI=1S/C29H28N6O/c36-29(34-10-8-28-32-11-12-33-28)21-16-26-25(7-9-31-27(26)17-21)23-15-22(18-30-19-23)20-3-5-24(6-4-20)35-13-1-2-14-35/h3-7,9,11-12,15-16,18-19H,1-2,8,10,13-14,17H2,(H,32,33)(H,34,36). The Morgan fingerprint density at radius 2 is 1.81 bits per heavy atom. The summed E-state index contributed by atoms with van der Waals surface area (Å²) in [5.74, 6) is 0.802. The molecule has 0 atom stereocenters. The minimum atomic E-state index is -0.0597. The van der Waals surface area contributed by atoms with E-state index in [1.54, 1.807) is 12.4 Å². The van der Waals surface area contributed by atoms with Crippen LogP contribution >= 0.6 is 0 Å². The molecular formula is C29H28N6O. The van der Waals surface area contributed by atoms with Crippen molar-refractivity contribution in [1.82, 2.24) is 25.3 Å². The number of nitrogens with zero attached hydrogens (tertiary/aromatic N) is 4. The third-order valence-electron chi connectivity index (χ3n) is 6.96. The van der Waals surface area contributed by atoms with Gasteiger partial charge in [-0.3, -0.25) is 14.8 Å². The lowest BCUT2D eigenvalue weighted by atomic mass is 9.98. The first kappa shape index (κ1) is 22.2. The Morgan fingerprint density at radius 3 is 2.61 bits per heavy atom. The summed E-state index contributed by atoms with van der Waals surface area (Å²) < 4.78 is 0. The van der Waals surface area contributed by atoms with Crippen LogP contribution in [-0.4, -0.2) is 45.5 Å². The molecule has 1 aromatic carbocycles. The number of hydrogen-bond acceptors (Lipinski definition) is 5. The summed E-state index contributed by atoms with van der Waals surface area (Å²) in [4.78, 5) is 31.6. The number of benzene rings is 1. The predicted molar refractivity (Wildman–Crippen MR) is 141 cm³/mol. The zero-order valence-electron chi connectivity index (χ0n) is 20.1. The molecule has 4 heterocycles. The van der Waals surface area contributed by atoms with Crippen molar-refractivity contribution in [2.75, 3.05) is 24.5 Å². The van der Waals surface area contributed by atoms with Gasteiger partial charge in [0, 0.05) is 91.4 Å². The van der Waals surface area contributed by atoms with Crippen molar-refractivity contribution >= 4 is 17.7 Å². The fraction of sp³-hybridized carbons (Fsp3) is 0.241. The monoisotopic (exact) mass is 476 g/mol. The van der Waals surface area contributed by atoms with Gasteiger partial charge in [-0.2, -0.15) is 0 Å². The Morgan fingerprint density at radius 1 is 0.972 bits per heavy atom. The molecule has 0 radical (unpaired) electrons. The molecule has 1 amide bonds. The molecule has 2 aliphatic rings. The first-order chi connectivity index (χ1) is 17.7. The highest BCUT2D eigenvalue weighted by molar-refractivity contribution is 6.01. The molecule has 1 aliphatic heterocycles. The summed E-state index contributed by atoms with van der Waals surface area (Å²) in [6.07, 6.45) is 14.8. The Balaban J connectivity index is 1.21. The minimum Gasteiger partial charge on any atom is -0.372 e. The largest absolute Gasteiger partial charge is 0.372 e. The zero-order chi connectivity index (χ0) is 24.3. The van der Waals surface area contributed by atoms with Crippen molar-refractivity contribution in [2.45, 2.75) is 25.7 Å². The number of fused-ring (bicyclic) bond motifs is 1. The fourth-order valence-corrected chi connectivity index (χ4v) is 5.05. The van der Waals surface area contributed by atoms with Gasteiger partial charge < -0.3 is 15.2 Å². The second kappa shape index (κ2) is 9.77. The van der Waals surface area contributed by atoms with E-state index in [0.29, 0.717) is 19.4 Å². The SMILES string of the molecule is O=C(NCCc1ncc[nH]1)C1=Cc2c(-c3cncc(-c4ccc(N5CCCC5)cc4)c3)ccnc2C1. The molecule has 7 heteroatoms. The highest BCUT2D eigenvalue weighted by atomic mass is 16.1. The molecule has 0 unspecified atom stereocenters. The van der Waals surface area contributed by atoms with E-state index in [-0.39, 0.29) is 5.91 Å². The van der Waals surface area contributed by atoms with E-state index in [0.717, 1.165) is 58.0 Å². The number of hydrogen-bond donors (Lipinski definition) is 2. The number of aromatic nitrogens is 4. The van der Waals surface area contributed by atoms with Gasteiger partial charge in [0.05, 0.1) is 5.69 Å². The third kappa shape index (κ3) is 4.52. The molecule has 3 aromatic heterocycles. The maximum Gasteiger partial charge on any atom is 0.247 e. The quantitative estimate of drug-likeness (QED) is 0.412. The normalized spacial score (nSPS) is 14.6. The minimum absolute atomic E-state index is 0.0597. The van der Waals surface area contributed by atoms with Crippen LogP contribution in [0.5, 0.6) is 0 Å². The van der Waals surface area contributed by atoms with Gasteiger partial charge in [-0.05, 0) is 54.3 Å². The van der Waals surface area contributed by atoms with Crippen LogP contribution in [0.1, 0.15) is 29.9 Å². The van der Waals surface area contributed by atoms with Crippen molar-refractivity contribution < 1.29 is 4.79 Å². The Bertz CT molecular complexity index is 1400. The molecule has 0 saturated carbocycles. The summed E-state index contributed by atoms with van der Waals surface area (Å²) in [6, 6.07) is 12.9. The number of anilines is 1. The van der Waals surface area contributed by atoms with Gasteiger partial charge in [-0.15, -0.1) is 0 Å². The summed E-state index contributed by atoms with van der Waals surface area (Å²) in [5, 5.41) is 3.00. The summed E-state index contributed by atoms with van der Waals surface area (Å²) >= 11 is 0. The van der Waals surface area contributed by atoms with Crippen LogP contribution < -0.4 is 10.2 Å². The van der Waals surface area contributed by atoms with E-state index in [4.69, 9.17) is 0 Å². The highest BCUT2D eigenvalue weighted by Crippen LogP contribution is 2.34. The number of carbonyl (C=O) groups excluding carboxylic acids is 1. The Hall–Kier alpha value is -4.26. The first-order valence-corrected chi connectivity index (χ1v) is 12.5. The van der Waals surface area contributed by atoms with Gasteiger partial charge in [-0.1, -0.05) is 12.1 Å². The topological polar surface area (TPSA) is 86.8 Å². The molecule has 1 aliphatic carbocycles. The van der Waals surface area contributed by atoms with Crippen molar-refractivity contribution in [3.05, 3.63) is 90.0 Å². The van der Waals surface area contributed by atoms with Crippen molar-refractivity contribution in [3.63, 3.8) is 0 Å². The lowest BCUT2D eigenvalue weighted by Crippen LogP contribution is -2.27. The number of amides is 1. The second-order valence-corrected chi connectivity index (χ2v) is 9.31. The molecule has 1 fully saturated rings. The number of carbonyl (C=O) groups is 1. The van der Waals surface area contributed by atoms with Gasteiger partial charge in [0.1, 0.15) is 5.82 Å². The number of pyridine rings is 2. The third-order valence-corrected chi connectivity index (χ3v) is 6.96. The average molecular weight is 477 g/mol. The fourth-order valence-electron chi connectivity index (χ4n) is 5.05. The maximum atomic E-state index is 12.8. The number of H-pyrrole nitrogens is 1. The van der Waals surface area contributed by atoms with E-state index in [1.807, 2.05) is 30.7 Å². The first-order valence-electron chi connectivity index (χ1n) is 12.5. The van der Waals surface area contributed by atoms with Gasteiger partial charge >= 0.3 is 0 Å². The van der Waals surface area contributed by atoms with E-state index >= 15 is 0 Å². The van der Waals surface area contributed by atoms with Gasteiger partial charge in [0.2, 0.25) is 5.91 Å². The van der Waals surface area contributed by atoms with Crippen LogP contribution in [0.15, 0.2) is 73.0 Å². The van der Waals surface area contributed by atoms with Crippen LogP contribution in [0.25, 0.3) is 28.3 Å². The van der Waals surface area contributed by atoms with Crippen LogP contribution in [0, 0.1) is 0 Å². The molecule has 1 saturated heterocycles. The molecule has 0 bridgehead atoms. The summed E-state index contributed by atoms with van der Waals surface area (Å²) in [7, 11) is 0. The predicted octanol–water partition coefficient (Wildman–Crippen LogP) is 4.43. The number of nitrogens with one attached hydrogen (secondary N) is 2. The summed E-state index contributed by atoms with van der Waals surface area (Å²) in [6.45, 7) is 2.81. The van der Waals surface area contributed by atoms with Gasteiger partial charge in [0.15, 0.2) is 0 Å². The van der Waals surface area contributed by atoms with Gasteiger partial charge in [0.25, 0.3) is 0 Å². The average Bonchev–Trinajstić information content (AvgIpc) is 3.71. The van der Waals surface area contributed by atoms with E-state index < -0.39 is 0 Å². The Kier molecular flexibility index (Phi) is 6.03. The maximum absolute atomic E-state index is 12.8. The molecule has 4 aromatic rings. The van der Waals surface area contributed by atoms with E-state index in [1.165, 1.54) is 18.5 Å². The lowest BCUT2D eigenvalue weighted by Gasteiger charge is -2.17. The number of imidazole rings is 1. The second-order valence-electron chi connectivity index (χ2n) is 9.31. The number of aromatic amines is 1. The van der Waals surface area contributed by atoms with Crippen molar-refractivity contribution in [1.29, 1.82) is 0 Å². The smallest absolute Gasteiger partial charge is 0.247 e. The molecule has 2 N–H and O–H groups in total. The molecule has 36 heavy (non-hydrogen) atoms. The highest BCUT2D eigenvalue weighted by Gasteiger charge is 2.22. The Labute approximate surface area is 210 Å². The molecular weight excluding hydrogens is 448 g/mol. The summed E-state index contributed by atoms with van der Waals surface area (Å²) in [5.41, 5.74) is 8.21. The van der Waals surface area contributed by atoms with Crippen LogP contribution in [0.2, 0.25) is 0 Å². The van der Waals surface area contributed by atoms with Gasteiger partial charge in [-0.25, -0.2) is 4.98 Å². The number of rotatable bonds is 7. The van der Waals surface area contributed by atoms with Crippen LogP contribution in [-0.2, 0) is 17.6 Å². The van der Waals surface area contributed by atoms with E-state index in [2.05, 4.69) is 60.5 Å². The molecule has 7 nitrogen and oxygen atoms in total. The molecule has 180 valence electrons. The van der Waals surface area contributed by atoms with Crippen molar-refractivity contribution in [3.8, 4) is 22.3 Å². The molecule has 0 spiro atoms. The van der Waals surface area contributed by atoms with Crippen LogP contribution in [0.4, 0.5) is 5.69 Å². The van der Waals surface area contributed by atoms with Crippen molar-refractivity contribution in [2.24, 2.45) is 0 Å². The van der Waals surface area contributed by atoms with Crippen LogP contribution in [0.3, 0.4) is 0 Å². The molecule has 6 rings (SSSR count). The zero-order valence-corrected chi connectivity index (χ0v) is 20.1.